The third-order valence-corrected chi connectivity index (χ3v) is 6.47. The summed E-state index contributed by atoms with van der Waals surface area (Å²) in [5.41, 5.74) is 0.733. The second-order valence-corrected chi connectivity index (χ2v) is 7.92. The molecule has 2 aliphatic rings. The molecule has 1 atom stereocenters. The Morgan fingerprint density at radius 2 is 2.16 bits per heavy atom. The predicted molar refractivity (Wildman–Crippen MR) is 77.7 cm³/mol. The maximum atomic E-state index is 12.2. The van der Waals surface area contributed by atoms with Gasteiger partial charge in [0.15, 0.2) is 9.84 Å². The third-order valence-electron chi connectivity index (χ3n) is 3.38. The molecule has 3 rings (SSSR count). The van der Waals surface area contributed by atoms with Gasteiger partial charge in [-0.15, -0.1) is 11.8 Å². The molecule has 0 aromatic heterocycles. The van der Waals surface area contributed by atoms with Crippen LogP contribution in [-0.2, 0) is 14.6 Å². The Kier molecular flexibility index (Phi) is 3.35. The molecule has 1 aromatic carbocycles. The molecule has 1 aromatic rings. The van der Waals surface area contributed by atoms with Crippen LogP contribution >= 0.6 is 11.8 Å². The minimum Gasteiger partial charge on any atom is -0.488 e. The largest absolute Gasteiger partial charge is 0.488 e. The van der Waals surface area contributed by atoms with Crippen molar-refractivity contribution in [3.8, 4) is 0 Å². The number of thioether (sulfide) groups is 1. The van der Waals surface area contributed by atoms with Gasteiger partial charge < -0.3 is 4.74 Å². The van der Waals surface area contributed by atoms with Gasteiger partial charge >= 0.3 is 0 Å². The van der Waals surface area contributed by atoms with Crippen molar-refractivity contribution < 1.29 is 13.2 Å². The number of rotatable bonds is 2. The van der Waals surface area contributed by atoms with Crippen LogP contribution in [0.5, 0.6) is 0 Å². The zero-order valence-electron chi connectivity index (χ0n) is 10.8. The van der Waals surface area contributed by atoms with E-state index < -0.39 is 9.84 Å². The molecule has 0 spiro atoms. The minimum atomic E-state index is -3.20. The fourth-order valence-corrected chi connectivity index (χ4v) is 5.61. The van der Waals surface area contributed by atoms with Crippen LogP contribution < -0.4 is 0 Å². The standard InChI is InChI=1S/C14H16O3S2/c1-2-5-10-8-18-12-9-19(15,16)13-7-4-3-6-11(13)14(12)17-10/h3-4,6-7,10H,2,5,8-9H2,1H3. The quantitative estimate of drug-likeness (QED) is 0.841. The van der Waals surface area contributed by atoms with Gasteiger partial charge in [0.1, 0.15) is 11.9 Å². The summed E-state index contributed by atoms with van der Waals surface area (Å²) in [6.45, 7) is 2.14. The predicted octanol–water partition coefficient (Wildman–Crippen LogP) is 3.07. The average molecular weight is 296 g/mol. The van der Waals surface area contributed by atoms with Crippen LogP contribution in [0.25, 0.3) is 5.76 Å². The van der Waals surface area contributed by atoms with E-state index in [4.69, 9.17) is 4.74 Å². The Morgan fingerprint density at radius 1 is 1.37 bits per heavy atom. The summed E-state index contributed by atoms with van der Waals surface area (Å²) in [5.74, 6) is 1.73. The van der Waals surface area contributed by atoms with E-state index in [0.29, 0.717) is 4.90 Å². The second kappa shape index (κ2) is 4.87. The van der Waals surface area contributed by atoms with Crippen molar-refractivity contribution >= 4 is 27.4 Å². The van der Waals surface area contributed by atoms with Crippen molar-refractivity contribution in [2.75, 3.05) is 11.5 Å². The van der Waals surface area contributed by atoms with Crippen molar-refractivity contribution in [3.05, 3.63) is 34.7 Å². The number of benzene rings is 1. The molecule has 5 heteroatoms. The number of hydrogen-bond donors (Lipinski definition) is 0. The van der Waals surface area contributed by atoms with Gasteiger partial charge in [-0.1, -0.05) is 25.5 Å². The van der Waals surface area contributed by atoms with Gasteiger partial charge in [0.2, 0.25) is 0 Å². The molecule has 2 aliphatic heterocycles. The smallest absolute Gasteiger partial charge is 0.183 e. The van der Waals surface area contributed by atoms with Crippen LogP contribution in [0.15, 0.2) is 34.1 Å². The Morgan fingerprint density at radius 3 is 2.95 bits per heavy atom. The van der Waals surface area contributed by atoms with Crippen LogP contribution in [-0.4, -0.2) is 26.0 Å². The van der Waals surface area contributed by atoms with Crippen molar-refractivity contribution in [1.29, 1.82) is 0 Å². The van der Waals surface area contributed by atoms with Crippen molar-refractivity contribution in [2.24, 2.45) is 0 Å². The monoisotopic (exact) mass is 296 g/mol. The van der Waals surface area contributed by atoms with E-state index in [1.807, 2.05) is 12.1 Å². The Labute approximate surface area is 118 Å². The summed E-state index contributed by atoms with van der Waals surface area (Å²) >= 11 is 1.64. The maximum Gasteiger partial charge on any atom is 0.183 e. The molecule has 1 unspecified atom stereocenters. The number of fused-ring (bicyclic) bond motifs is 2. The lowest BCUT2D eigenvalue weighted by Crippen LogP contribution is -2.26. The first kappa shape index (κ1) is 13.1. The highest BCUT2D eigenvalue weighted by Crippen LogP contribution is 2.43. The van der Waals surface area contributed by atoms with Crippen molar-refractivity contribution in [3.63, 3.8) is 0 Å². The molecular formula is C14H16O3S2. The van der Waals surface area contributed by atoms with Gasteiger partial charge in [-0.05, 0) is 18.6 Å². The average Bonchev–Trinajstić information content (AvgIpc) is 2.40. The molecule has 19 heavy (non-hydrogen) atoms. The lowest BCUT2D eigenvalue weighted by Gasteiger charge is -2.31. The number of sulfone groups is 1. The molecule has 0 saturated carbocycles. The maximum absolute atomic E-state index is 12.2. The van der Waals surface area contributed by atoms with Crippen LogP contribution in [0.4, 0.5) is 0 Å². The third kappa shape index (κ3) is 2.30. The van der Waals surface area contributed by atoms with Crippen molar-refractivity contribution in [1.82, 2.24) is 0 Å². The molecule has 0 amide bonds. The molecule has 3 nitrogen and oxygen atoms in total. The molecule has 0 aliphatic carbocycles. The molecule has 2 heterocycles. The van der Waals surface area contributed by atoms with Gasteiger partial charge in [0, 0.05) is 16.2 Å². The summed E-state index contributed by atoms with van der Waals surface area (Å²) in [4.78, 5) is 1.28. The minimum absolute atomic E-state index is 0.0862. The first-order chi connectivity index (χ1) is 9.12. The van der Waals surface area contributed by atoms with E-state index in [1.54, 1.807) is 23.9 Å². The highest BCUT2D eigenvalue weighted by molar-refractivity contribution is 8.04. The van der Waals surface area contributed by atoms with E-state index in [-0.39, 0.29) is 11.9 Å². The SMILES string of the molecule is CCCC1CSC2=C(O1)c1ccccc1S(=O)(=O)C2. The van der Waals surface area contributed by atoms with E-state index in [0.717, 1.165) is 34.8 Å². The fourth-order valence-electron chi connectivity index (χ4n) is 2.49. The second-order valence-electron chi connectivity index (χ2n) is 4.85. The lowest BCUT2D eigenvalue weighted by atomic mass is 10.1. The first-order valence-electron chi connectivity index (χ1n) is 6.46. The number of hydrogen-bond acceptors (Lipinski definition) is 4. The van der Waals surface area contributed by atoms with Gasteiger partial charge in [-0.2, -0.15) is 0 Å². The summed E-state index contributed by atoms with van der Waals surface area (Å²) in [6, 6.07) is 7.14. The molecule has 0 N–H and O–H groups in total. The molecule has 0 saturated heterocycles. The topological polar surface area (TPSA) is 43.4 Å². The fraction of sp³-hybridized carbons (Fsp3) is 0.429. The Hall–Kier alpha value is -0.940. The van der Waals surface area contributed by atoms with Gasteiger partial charge in [-0.25, -0.2) is 8.42 Å². The number of ether oxygens (including phenoxy) is 1. The summed E-state index contributed by atoms with van der Waals surface area (Å²) in [7, 11) is -3.20. The van der Waals surface area contributed by atoms with Crippen LogP contribution in [0, 0.1) is 0 Å². The van der Waals surface area contributed by atoms with Crippen molar-refractivity contribution in [2.45, 2.75) is 30.8 Å². The Bertz CT molecular complexity index is 632. The molecule has 102 valence electrons. The molecular weight excluding hydrogens is 280 g/mol. The normalized spacial score (nSPS) is 24.4. The highest BCUT2D eigenvalue weighted by atomic mass is 32.2. The molecule has 0 radical (unpaired) electrons. The van der Waals surface area contributed by atoms with Gasteiger partial charge in [0.25, 0.3) is 0 Å². The van der Waals surface area contributed by atoms with Gasteiger partial charge in [0.05, 0.1) is 10.6 Å². The van der Waals surface area contributed by atoms with E-state index in [1.165, 1.54) is 0 Å². The van der Waals surface area contributed by atoms with Crippen LogP contribution in [0.2, 0.25) is 0 Å². The van der Waals surface area contributed by atoms with Gasteiger partial charge in [-0.3, -0.25) is 0 Å². The zero-order valence-corrected chi connectivity index (χ0v) is 12.4. The van der Waals surface area contributed by atoms with E-state index >= 15 is 0 Å². The zero-order chi connectivity index (χ0) is 13.5. The van der Waals surface area contributed by atoms with Crippen LogP contribution in [0.3, 0.4) is 0 Å². The van der Waals surface area contributed by atoms with Crippen LogP contribution in [0.1, 0.15) is 25.3 Å². The highest BCUT2D eigenvalue weighted by Gasteiger charge is 2.34. The molecule has 0 bridgehead atoms. The summed E-state index contributed by atoms with van der Waals surface area (Å²) in [5, 5.41) is 0. The lowest BCUT2D eigenvalue weighted by molar-refractivity contribution is 0.174. The van der Waals surface area contributed by atoms with E-state index in [9.17, 15) is 8.42 Å². The Balaban J connectivity index is 2.06. The summed E-state index contributed by atoms with van der Waals surface area (Å²) in [6.07, 6.45) is 2.29. The first-order valence-corrected chi connectivity index (χ1v) is 9.10. The summed E-state index contributed by atoms with van der Waals surface area (Å²) < 4.78 is 30.5. The van der Waals surface area contributed by atoms with E-state index in [2.05, 4.69) is 6.92 Å². The molecule has 0 fully saturated rings.